The summed E-state index contributed by atoms with van der Waals surface area (Å²) >= 11 is 0. The van der Waals surface area contributed by atoms with Crippen molar-refractivity contribution in [2.75, 3.05) is 6.61 Å². The highest BCUT2D eigenvalue weighted by Gasteiger charge is 2.46. The molecule has 0 radical (unpaired) electrons. The molecule has 2 aromatic rings. The van der Waals surface area contributed by atoms with Gasteiger partial charge >= 0.3 is 0 Å². The summed E-state index contributed by atoms with van der Waals surface area (Å²) in [7, 11) is 0. The number of carbonyl (C=O) groups is 4. The number of imide groups is 1. The van der Waals surface area contributed by atoms with Crippen molar-refractivity contribution >= 4 is 29.1 Å². The van der Waals surface area contributed by atoms with Crippen LogP contribution in [0.15, 0.2) is 71.8 Å². The van der Waals surface area contributed by atoms with E-state index in [1.165, 1.54) is 0 Å². The van der Waals surface area contributed by atoms with Crippen LogP contribution in [0.1, 0.15) is 51.3 Å². The smallest absolute Gasteiger partial charge is 0.287 e. The van der Waals surface area contributed by atoms with E-state index in [-0.39, 0.29) is 11.5 Å². The Morgan fingerprint density at radius 1 is 0.971 bits per heavy atom. The molecule has 0 fully saturated rings. The molecule has 1 aliphatic heterocycles. The highest BCUT2D eigenvalue weighted by molar-refractivity contribution is 6.42. The lowest BCUT2D eigenvalue weighted by molar-refractivity contribution is -0.148. The van der Waals surface area contributed by atoms with Gasteiger partial charge in [0.1, 0.15) is 18.4 Å². The second-order valence-electron chi connectivity index (χ2n) is 9.09. The predicted octanol–water partition coefficient (Wildman–Crippen LogP) is 4.00. The number of nitrogens with zero attached hydrogens (tertiary/aromatic N) is 1. The van der Waals surface area contributed by atoms with Crippen LogP contribution in [0.2, 0.25) is 0 Å². The second-order valence-corrected chi connectivity index (χ2v) is 9.09. The molecule has 3 rings (SSSR count). The molecule has 0 spiro atoms. The number of Topliss-reactive ketones (excluding diaryl/α,β-unsaturated/α-hetero) is 1. The number of allylic oxidation sites excluding steroid dienone is 1. The minimum Gasteiger partial charge on any atom is -0.490 e. The number of ketones is 1. The number of benzene rings is 2. The van der Waals surface area contributed by atoms with E-state index in [0.717, 1.165) is 10.5 Å². The summed E-state index contributed by atoms with van der Waals surface area (Å²) in [5, 5.41) is 0. The van der Waals surface area contributed by atoms with Crippen molar-refractivity contribution in [2.24, 2.45) is 11.7 Å². The van der Waals surface area contributed by atoms with Gasteiger partial charge in [-0.1, -0.05) is 61.9 Å². The third kappa shape index (κ3) is 5.74. The number of carbonyl (C=O) groups excluding carboxylic acids is 4. The minimum absolute atomic E-state index is 0.0744. The van der Waals surface area contributed by atoms with Crippen molar-refractivity contribution in [1.29, 1.82) is 0 Å². The van der Waals surface area contributed by atoms with Crippen LogP contribution >= 0.6 is 0 Å². The fourth-order valence-corrected chi connectivity index (χ4v) is 3.93. The highest BCUT2D eigenvalue weighted by Crippen LogP contribution is 2.38. The fraction of sp³-hybridized carbons (Fsp3) is 0.286. The summed E-state index contributed by atoms with van der Waals surface area (Å²) in [6, 6.07) is 13.7. The van der Waals surface area contributed by atoms with Crippen LogP contribution in [-0.2, 0) is 19.2 Å². The van der Waals surface area contributed by atoms with E-state index in [2.05, 4.69) is 0 Å². The van der Waals surface area contributed by atoms with Gasteiger partial charge in [0.05, 0.1) is 5.57 Å². The first-order chi connectivity index (χ1) is 16.6. The summed E-state index contributed by atoms with van der Waals surface area (Å²) < 4.78 is 5.70. The molecule has 0 saturated carbocycles. The SMILES string of the molecule is CC(C)=CCOc1ccc(C2=C(CC(C)C)C(=O)N(C(C(=O)C(N)=O)c3ccccc3)C2=O)cc1. The van der Waals surface area contributed by atoms with E-state index in [1.54, 1.807) is 54.6 Å². The summed E-state index contributed by atoms with van der Waals surface area (Å²) in [5.74, 6) is -2.76. The van der Waals surface area contributed by atoms with Gasteiger partial charge in [0, 0.05) is 5.57 Å². The van der Waals surface area contributed by atoms with Crippen LogP contribution in [0, 0.1) is 5.92 Å². The molecule has 2 aromatic carbocycles. The molecular weight excluding hydrogens is 444 g/mol. The van der Waals surface area contributed by atoms with Gasteiger partial charge in [-0.3, -0.25) is 24.1 Å². The summed E-state index contributed by atoms with van der Waals surface area (Å²) in [6.07, 6.45) is 2.29. The standard InChI is InChI=1S/C28H30N2O5/c1-17(2)14-15-35-21-12-10-19(11-13-21)23-22(16-18(3)4)27(33)30(28(23)34)24(25(31)26(29)32)20-8-6-5-7-9-20/h5-14,18,24H,15-16H2,1-4H3,(H2,29,32). The van der Waals surface area contributed by atoms with Crippen LogP contribution in [0.3, 0.4) is 0 Å². The number of hydrogen-bond acceptors (Lipinski definition) is 5. The average Bonchev–Trinajstić information content (AvgIpc) is 3.04. The van der Waals surface area contributed by atoms with Gasteiger partial charge in [-0.2, -0.15) is 0 Å². The van der Waals surface area contributed by atoms with Crippen LogP contribution < -0.4 is 10.5 Å². The van der Waals surface area contributed by atoms with Gasteiger partial charge in [0.15, 0.2) is 0 Å². The van der Waals surface area contributed by atoms with Crippen molar-refractivity contribution in [3.8, 4) is 5.75 Å². The average molecular weight is 475 g/mol. The molecular formula is C28H30N2O5. The highest BCUT2D eigenvalue weighted by atomic mass is 16.5. The topological polar surface area (TPSA) is 107 Å². The van der Waals surface area contributed by atoms with Crippen molar-refractivity contribution in [3.63, 3.8) is 0 Å². The maximum Gasteiger partial charge on any atom is 0.287 e. The molecule has 2 N–H and O–H groups in total. The van der Waals surface area contributed by atoms with Crippen molar-refractivity contribution in [2.45, 2.75) is 40.2 Å². The Balaban J connectivity index is 2.03. The molecule has 7 nitrogen and oxygen atoms in total. The first-order valence-corrected chi connectivity index (χ1v) is 11.5. The van der Waals surface area contributed by atoms with Crippen molar-refractivity contribution in [1.82, 2.24) is 4.90 Å². The molecule has 1 aliphatic rings. The molecule has 182 valence electrons. The third-order valence-corrected chi connectivity index (χ3v) is 5.57. The van der Waals surface area contributed by atoms with Crippen molar-refractivity contribution in [3.05, 3.63) is 82.9 Å². The van der Waals surface area contributed by atoms with E-state index >= 15 is 0 Å². The van der Waals surface area contributed by atoms with E-state index in [1.807, 2.05) is 33.8 Å². The normalized spacial score (nSPS) is 14.4. The van der Waals surface area contributed by atoms with Crippen LogP contribution in [0.4, 0.5) is 0 Å². The number of rotatable bonds is 10. The fourth-order valence-electron chi connectivity index (χ4n) is 3.93. The molecule has 1 atom stereocenters. The predicted molar refractivity (Wildman–Crippen MR) is 133 cm³/mol. The Morgan fingerprint density at radius 2 is 1.60 bits per heavy atom. The monoisotopic (exact) mass is 474 g/mol. The van der Waals surface area contributed by atoms with E-state index in [9.17, 15) is 19.2 Å². The zero-order chi connectivity index (χ0) is 25.7. The maximum absolute atomic E-state index is 13.7. The molecule has 1 heterocycles. The number of hydrogen-bond donors (Lipinski definition) is 1. The van der Waals surface area contributed by atoms with E-state index < -0.39 is 29.5 Å². The van der Waals surface area contributed by atoms with Gasteiger partial charge in [-0.05, 0) is 55.5 Å². The molecule has 0 aromatic heterocycles. The van der Waals surface area contributed by atoms with E-state index in [0.29, 0.717) is 35.5 Å². The lowest BCUT2D eigenvalue weighted by Crippen LogP contribution is -2.43. The molecule has 3 amide bonds. The zero-order valence-corrected chi connectivity index (χ0v) is 20.4. The molecule has 0 saturated heterocycles. The summed E-state index contributed by atoms with van der Waals surface area (Å²) in [6.45, 7) is 8.26. The molecule has 0 aliphatic carbocycles. The third-order valence-electron chi connectivity index (χ3n) is 5.57. The lowest BCUT2D eigenvalue weighted by Gasteiger charge is -2.25. The minimum atomic E-state index is -1.43. The first kappa shape index (κ1) is 25.6. The first-order valence-electron chi connectivity index (χ1n) is 11.5. The van der Waals surface area contributed by atoms with Crippen molar-refractivity contribution < 1.29 is 23.9 Å². The Bertz CT molecular complexity index is 1190. The summed E-state index contributed by atoms with van der Waals surface area (Å²) in [4.78, 5) is 52.8. The molecule has 0 bridgehead atoms. The zero-order valence-electron chi connectivity index (χ0n) is 20.4. The Kier molecular flexibility index (Phi) is 8.02. The maximum atomic E-state index is 13.7. The number of ether oxygens (including phenoxy) is 1. The summed E-state index contributed by atoms with van der Waals surface area (Å²) in [5.41, 5.74) is 7.84. The van der Waals surface area contributed by atoms with Gasteiger partial charge in [0.25, 0.3) is 17.7 Å². The second kappa shape index (κ2) is 11.0. The van der Waals surface area contributed by atoms with Crippen LogP contribution in [0.5, 0.6) is 5.75 Å². The molecule has 7 heteroatoms. The number of nitrogens with two attached hydrogens (primary N) is 1. The van der Waals surface area contributed by atoms with Gasteiger partial charge < -0.3 is 10.5 Å². The Labute approximate surface area is 205 Å². The molecule has 35 heavy (non-hydrogen) atoms. The lowest BCUT2D eigenvalue weighted by atomic mass is 9.95. The van der Waals surface area contributed by atoms with Gasteiger partial charge in [-0.25, -0.2) is 0 Å². The van der Waals surface area contributed by atoms with Crippen LogP contribution in [0.25, 0.3) is 5.57 Å². The van der Waals surface area contributed by atoms with Gasteiger partial charge in [0.2, 0.25) is 5.78 Å². The van der Waals surface area contributed by atoms with Gasteiger partial charge in [-0.15, -0.1) is 0 Å². The largest absolute Gasteiger partial charge is 0.490 e. The number of amides is 3. The quantitative estimate of drug-likeness (QED) is 0.318. The van der Waals surface area contributed by atoms with E-state index in [4.69, 9.17) is 10.5 Å². The Hall–Kier alpha value is -4.00. The Morgan fingerprint density at radius 3 is 2.14 bits per heavy atom. The van der Waals surface area contributed by atoms with Crippen LogP contribution in [-0.4, -0.2) is 35.0 Å². The molecule has 1 unspecified atom stereocenters. The number of primary amides is 1.